The number of ether oxygens (including phenoxy) is 1. The van der Waals surface area contributed by atoms with Gasteiger partial charge in [0.25, 0.3) is 0 Å². The first-order valence-electron chi connectivity index (χ1n) is 12.1. The molecule has 0 saturated heterocycles. The van der Waals surface area contributed by atoms with Crippen LogP contribution in [0.4, 0.5) is 0 Å². The minimum atomic E-state index is -1.87. The SMILES string of the molecule is CC(C)(C)[Si](C)(C)OCCC#Cc1c2c(c([Si](C)(C)C(C)(C)C)c3c1C(=O)CC3)OCC2. The van der Waals surface area contributed by atoms with E-state index in [0.717, 1.165) is 29.7 Å². The molecule has 0 N–H and O–H groups in total. The molecule has 1 aliphatic carbocycles. The number of carbonyl (C=O) groups excluding carboxylic acids is 1. The zero-order valence-electron chi connectivity index (χ0n) is 22.0. The van der Waals surface area contributed by atoms with Gasteiger partial charge in [-0.3, -0.25) is 4.79 Å². The Morgan fingerprint density at radius 2 is 1.59 bits per heavy atom. The van der Waals surface area contributed by atoms with E-state index >= 15 is 0 Å². The zero-order chi connectivity index (χ0) is 24.1. The smallest absolute Gasteiger partial charge is 0.192 e. The molecule has 32 heavy (non-hydrogen) atoms. The molecule has 176 valence electrons. The molecule has 1 aromatic rings. The van der Waals surface area contributed by atoms with E-state index < -0.39 is 16.4 Å². The van der Waals surface area contributed by atoms with Gasteiger partial charge in [-0.15, -0.1) is 0 Å². The van der Waals surface area contributed by atoms with Gasteiger partial charge < -0.3 is 9.16 Å². The van der Waals surface area contributed by atoms with Crippen molar-refractivity contribution < 1.29 is 14.0 Å². The maximum Gasteiger partial charge on any atom is 0.192 e. The minimum absolute atomic E-state index is 0.181. The fraction of sp³-hybridized carbons (Fsp3) is 0.667. The lowest BCUT2D eigenvalue weighted by Gasteiger charge is -2.39. The molecule has 0 unspecified atom stereocenters. The van der Waals surface area contributed by atoms with Gasteiger partial charge in [-0.1, -0.05) is 66.5 Å². The summed E-state index contributed by atoms with van der Waals surface area (Å²) in [5.74, 6) is 8.09. The molecule has 0 amide bonds. The summed E-state index contributed by atoms with van der Waals surface area (Å²) in [7, 11) is -3.63. The van der Waals surface area contributed by atoms with E-state index in [-0.39, 0.29) is 15.9 Å². The minimum Gasteiger partial charge on any atom is -0.493 e. The van der Waals surface area contributed by atoms with Crippen molar-refractivity contribution in [3.63, 3.8) is 0 Å². The Kier molecular flexibility index (Phi) is 6.67. The van der Waals surface area contributed by atoms with Gasteiger partial charge in [-0.2, -0.15) is 0 Å². The monoisotopic (exact) mass is 470 g/mol. The maximum atomic E-state index is 13.0. The average Bonchev–Trinajstić information content (AvgIpc) is 3.26. The fourth-order valence-electron chi connectivity index (χ4n) is 4.30. The molecular weight excluding hydrogens is 428 g/mol. The molecule has 0 saturated carbocycles. The lowest BCUT2D eigenvalue weighted by molar-refractivity contribution is 0.0994. The first kappa shape index (κ1) is 25.3. The van der Waals surface area contributed by atoms with Crippen LogP contribution in [0.2, 0.25) is 36.3 Å². The number of benzene rings is 1. The number of hydrogen-bond donors (Lipinski definition) is 0. The molecule has 1 aromatic carbocycles. The third-order valence-corrected chi connectivity index (χ3v) is 18.4. The molecule has 0 aromatic heterocycles. The fourth-order valence-corrected chi connectivity index (χ4v) is 7.89. The van der Waals surface area contributed by atoms with E-state index in [1.807, 2.05) is 0 Å². The summed E-state index contributed by atoms with van der Waals surface area (Å²) >= 11 is 0. The van der Waals surface area contributed by atoms with Crippen molar-refractivity contribution >= 4 is 27.4 Å². The highest BCUT2D eigenvalue weighted by Gasteiger charge is 2.45. The molecule has 0 bridgehead atoms. The molecule has 0 atom stereocenters. The lowest BCUT2D eigenvalue weighted by Crippen LogP contribution is -2.51. The Hall–Kier alpha value is -1.36. The van der Waals surface area contributed by atoms with E-state index in [0.29, 0.717) is 26.1 Å². The third-order valence-electron chi connectivity index (χ3n) is 8.35. The molecular formula is C27H42O3Si2. The first-order chi connectivity index (χ1) is 14.6. The van der Waals surface area contributed by atoms with Gasteiger partial charge in [0.05, 0.1) is 14.7 Å². The Morgan fingerprint density at radius 3 is 2.19 bits per heavy atom. The van der Waals surface area contributed by atoms with E-state index in [2.05, 4.69) is 79.6 Å². The van der Waals surface area contributed by atoms with E-state index in [1.165, 1.54) is 16.3 Å². The van der Waals surface area contributed by atoms with Gasteiger partial charge in [-0.05, 0) is 40.3 Å². The molecule has 2 aliphatic rings. The van der Waals surface area contributed by atoms with E-state index in [1.54, 1.807) is 0 Å². The molecule has 3 nitrogen and oxygen atoms in total. The van der Waals surface area contributed by atoms with Gasteiger partial charge in [-0.25, -0.2) is 0 Å². The summed E-state index contributed by atoms with van der Waals surface area (Å²) in [4.78, 5) is 13.0. The number of ketones is 1. The number of carbonyl (C=O) groups is 1. The van der Waals surface area contributed by atoms with Crippen molar-refractivity contribution in [2.24, 2.45) is 0 Å². The number of hydrogen-bond acceptors (Lipinski definition) is 3. The van der Waals surface area contributed by atoms with Crippen LogP contribution in [0.5, 0.6) is 5.75 Å². The van der Waals surface area contributed by atoms with Crippen LogP contribution in [0, 0.1) is 11.8 Å². The second-order valence-electron chi connectivity index (χ2n) is 12.5. The standard InChI is InChI=1S/C27H42O3Si2/c1-26(2,3)31(7,8)25-21-14-15-22(28)23(21)19(20-16-18-29-24(20)25)13-11-12-17-30-32(9,10)27(4,5)6/h12,14-18H2,1-10H3. The van der Waals surface area contributed by atoms with E-state index in [4.69, 9.17) is 9.16 Å². The maximum absolute atomic E-state index is 13.0. The van der Waals surface area contributed by atoms with Crippen LogP contribution < -0.4 is 9.92 Å². The molecule has 5 heteroatoms. The molecule has 1 aliphatic heterocycles. The Morgan fingerprint density at radius 1 is 0.938 bits per heavy atom. The van der Waals surface area contributed by atoms with Gasteiger partial charge in [0.1, 0.15) is 5.75 Å². The molecule has 3 rings (SSSR count). The first-order valence-corrected chi connectivity index (χ1v) is 18.0. The average molecular weight is 471 g/mol. The van der Waals surface area contributed by atoms with Crippen LogP contribution >= 0.6 is 0 Å². The van der Waals surface area contributed by atoms with Crippen molar-refractivity contribution in [3.05, 3.63) is 22.3 Å². The highest BCUT2D eigenvalue weighted by molar-refractivity contribution is 6.93. The van der Waals surface area contributed by atoms with Crippen LogP contribution in [0.1, 0.15) is 81.4 Å². The zero-order valence-corrected chi connectivity index (χ0v) is 24.0. The second-order valence-corrected chi connectivity index (χ2v) is 22.5. The molecule has 0 radical (unpaired) electrons. The largest absolute Gasteiger partial charge is 0.493 e. The van der Waals surface area contributed by atoms with Crippen molar-refractivity contribution in [1.29, 1.82) is 0 Å². The highest BCUT2D eigenvalue weighted by atomic mass is 28.4. The van der Waals surface area contributed by atoms with Crippen LogP contribution in [0.3, 0.4) is 0 Å². The molecule has 1 heterocycles. The lowest BCUT2D eigenvalue weighted by atomic mass is 9.95. The number of Topliss-reactive ketones (excluding diaryl/α,β-unsaturated/α-hetero) is 1. The van der Waals surface area contributed by atoms with Crippen molar-refractivity contribution in [2.75, 3.05) is 13.2 Å². The Bertz CT molecular complexity index is 980. The summed E-state index contributed by atoms with van der Waals surface area (Å²) in [5.41, 5.74) is 4.28. The van der Waals surface area contributed by atoms with Crippen molar-refractivity contribution in [1.82, 2.24) is 0 Å². The summed E-state index contributed by atoms with van der Waals surface area (Å²) in [5, 5.41) is 1.76. The Balaban J connectivity index is 1.99. The highest BCUT2D eigenvalue weighted by Crippen LogP contribution is 2.44. The van der Waals surface area contributed by atoms with Crippen molar-refractivity contribution in [2.45, 2.75) is 103 Å². The topological polar surface area (TPSA) is 35.5 Å². The van der Waals surface area contributed by atoms with Crippen LogP contribution in [-0.4, -0.2) is 35.4 Å². The Labute approximate surface area is 197 Å². The summed E-state index contributed by atoms with van der Waals surface area (Å²) in [6.45, 7) is 24.5. The predicted octanol–water partition coefficient (Wildman–Crippen LogP) is 6.23. The molecule has 0 spiro atoms. The van der Waals surface area contributed by atoms with Crippen LogP contribution in [0.15, 0.2) is 0 Å². The normalized spacial score (nSPS) is 16.4. The van der Waals surface area contributed by atoms with Crippen molar-refractivity contribution in [3.8, 4) is 17.6 Å². The van der Waals surface area contributed by atoms with Gasteiger partial charge in [0, 0.05) is 42.6 Å². The summed E-state index contributed by atoms with van der Waals surface area (Å²) < 4.78 is 12.5. The number of fused-ring (bicyclic) bond motifs is 2. The van der Waals surface area contributed by atoms with Crippen LogP contribution in [-0.2, 0) is 17.3 Å². The second kappa shape index (κ2) is 8.45. The van der Waals surface area contributed by atoms with Crippen LogP contribution in [0.25, 0.3) is 0 Å². The predicted molar refractivity (Wildman–Crippen MR) is 140 cm³/mol. The van der Waals surface area contributed by atoms with E-state index in [9.17, 15) is 4.79 Å². The quantitative estimate of drug-likeness (QED) is 0.297. The van der Waals surface area contributed by atoms with Gasteiger partial charge in [0.2, 0.25) is 0 Å². The number of rotatable bonds is 4. The van der Waals surface area contributed by atoms with Gasteiger partial charge in [0.15, 0.2) is 14.1 Å². The summed E-state index contributed by atoms with van der Waals surface area (Å²) in [6, 6.07) is 0. The van der Waals surface area contributed by atoms with Gasteiger partial charge >= 0.3 is 0 Å². The molecule has 0 fully saturated rings. The third kappa shape index (κ3) is 4.39. The summed E-state index contributed by atoms with van der Waals surface area (Å²) in [6.07, 6.45) is 2.97.